The van der Waals surface area contributed by atoms with Crippen LogP contribution in [0.15, 0.2) is 48.5 Å². The minimum Gasteiger partial charge on any atom is -0.465 e. The lowest BCUT2D eigenvalue weighted by molar-refractivity contribution is 0.0677. The van der Waals surface area contributed by atoms with Crippen LogP contribution >= 0.6 is 0 Å². The summed E-state index contributed by atoms with van der Waals surface area (Å²) in [7, 11) is 0. The minimum atomic E-state index is -1.00. The Morgan fingerprint density at radius 2 is 1.94 bits per heavy atom. The zero-order valence-corrected chi connectivity index (χ0v) is 18.3. The van der Waals surface area contributed by atoms with E-state index in [4.69, 9.17) is 10.8 Å². The van der Waals surface area contributed by atoms with Gasteiger partial charge in [0.1, 0.15) is 5.69 Å². The van der Waals surface area contributed by atoms with Crippen molar-refractivity contribution in [2.24, 2.45) is 5.92 Å². The number of nitrogen functional groups attached to an aromatic ring is 1. The molecule has 1 fully saturated rings. The first-order chi connectivity index (χ1) is 15.9. The van der Waals surface area contributed by atoms with Crippen LogP contribution in [0, 0.1) is 17.2 Å². The number of carbonyl (C=O) groups is 2. The highest BCUT2D eigenvalue weighted by Crippen LogP contribution is 2.27. The lowest BCUT2D eigenvalue weighted by Gasteiger charge is -2.32. The number of nitriles is 1. The fraction of sp³-hybridized carbons (Fsp3) is 0.320. The molecule has 1 aliphatic rings. The first kappa shape index (κ1) is 22.2. The molecule has 170 valence electrons. The van der Waals surface area contributed by atoms with E-state index in [1.54, 1.807) is 6.07 Å². The van der Waals surface area contributed by atoms with Crippen LogP contribution in [0.4, 0.5) is 10.5 Å². The number of rotatable bonds is 6. The van der Waals surface area contributed by atoms with Crippen molar-refractivity contribution in [3.05, 3.63) is 65.4 Å². The van der Waals surface area contributed by atoms with Crippen LogP contribution in [0.5, 0.6) is 0 Å². The van der Waals surface area contributed by atoms with E-state index in [1.165, 1.54) is 0 Å². The molecule has 2 aromatic carbocycles. The van der Waals surface area contributed by atoms with Gasteiger partial charge < -0.3 is 25.6 Å². The van der Waals surface area contributed by atoms with Gasteiger partial charge in [-0.3, -0.25) is 4.79 Å². The standard InChI is InChI=1S/C25H27N5O3/c26-15-18-4-5-20-14-23(30(22(20)13-18)16-19-2-1-3-21(27)12-19)24(31)29-10-7-17(8-11-29)6-9-28-25(32)33/h1-5,12-14,17,28H,6-11,16,27H2,(H,32,33). The minimum absolute atomic E-state index is 0.0317. The van der Waals surface area contributed by atoms with Crippen molar-refractivity contribution >= 4 is 28.6 Å². The van der Waals surface area contributed by atoms with E-state index < -0.39 is 6.09 Å². The number of nitrogens with zero attached hydrogens (tertiary/aromatic N) is 3. The average Bonchev–Trinajstić information content (AvgIpc) is 3.16. The zero-order chi connectivity index (χ0) is 23.4. The van der Waals surface area contributed by atoms with Crippen LogP contribution in [-0.4, -0.2) is 46.2 Å². The number of fused-ring (bicyclic) bond motifs is 1. The van der Waals surface area contributed by atoms with E-state index in [1.807, 2.05) is 51.9 Å². The van der Waals surface area contributed by atoms with Gasteiger partial charge in [-0.15, -0.1) is 0 Å². The van der Waals surface area contributed by atoms with Gasteiger partial charge in [0.15, 0.2) is 0 Å². The van der Waals surface area contributed by atoms with E-state index in [-0.39, 0.29) is 5.91 Å². The molecular weight excluding hydrogens is 418 g/mol. The van der Waals surface area contributed by atoms with Crippen molar-refractivity contribution in [3.63, 3.8) is 0 Å². The molecule has 0 radical (unpaired) electrons. The Labute approximate surface area is 192 Å². The molecule has 2 heterocycles. The molecule has 1 aromatic heterocycles. The largest absolute Gasteiger partial charge is 0.465 e. The van der Waals surface area contributed by atoms with Gasteiger partial charge >= 0.3 is 6.09 Å². The molecule has 0 aliphatic carbocycles. The molecule has 4 rings (SSSR count). The Kier molecular flexibility index (Phi) is 6.50. The van der Waals surface area contributed by atoms with Crippen molar-refractivity contribution < 1.29 is 14.7 Å². The maximum Gasteiger partial charge on any atom is 0.404 e. The second kappa shape index (κ2) is 9.65. The molecule has 8 nitrogen and oxygen atoms in total. The van der Waals surface area contributed by atoms with Crippen LogP contribution in [0.2, 0.25) is 0 Å². The lowest BCUT2D eigenvalue weighted by atomic mass is 9.93. The number of anilines is 1. The van der Waals surface area contributed by atoms with Crippen LogP contribution in [0.3, 0.4) is 0 Å². The molecule has 1 aliphatic heterocycles. The van der Waals surface area contributed by atoms with Crippen LogP contribution < -0.4 is 11.1 Å². The maximum absolute atomic E-state index is 13.5. The molecule has 0 saturated carbocycles. The van der Waals surface area contributed by atoms with Gasteiger partial charge in [0, 0.05) is 37.3 Å². The quantitative estimate of drug-likeness (QED) is 0.500. The number of amides is 2. The van der Waals surface area contributed by atoms with E-state index in [0.29, 0.717) is 49.0 Å². The van der Waals surface area contributed by atoms with Crippen molar-refractivity contribution in [3.8, 4) is 6.07 Å². The topological polar surface area (TPSA) is 124 Å². The predicted octanol–water partition coefficient (Wildman–Crippen LogP) is 3.65. The van der Waals surface area contributed by atoms with Crippen molar-refractivity contribution in [2.45, 2.75) is 25.8 Å². The molecule has 0 unspecified atom stereocenters. The molecule has 0 atom stereocenters. The van der Waals surface area contributed by atoms with Crippen molar-refractivity contribution in [1.82, 2.24) is 14.8 Å². The second-order valence-corrected chi connectivity index (χ2v) is 8.50. The second-order valence-electron chi connectivity index (χ2n) is 8.50. The van der Waals surface area contributed by atoms with E-state index in [2.05, 4.69) is 11.4 Å². The molecule has 4 N–H and O–H groups in total. The number of aromatic nitrogens is 1. The Balaban J connectivity index is 1.57. The maximum atomic E-state index is 13.5. The van der Waals surface area contributed by atoms with Crippen molar-refractivity contribution in [2.75, 3.05) is 25.4 Å². The highest BCUT2D eigenvalue weighted by atomic mass is 16.4. The monoisotopic (exact) mass is 445 g/mol. The predicted molar refractivity (Wildman–Crippen MR) is 126 cm³/mol. The third-order valence-electron chi connectivity index (χ3n) is 6.27. The molecule has 8 heteroatoms. The first-order valence-electron chi connectivity index (χ1n) is 11.1. The summed E-state index contributed by atoms with van der Waals surface area (Å²) in [5, 5.41) is 21.4. The number of carboxylic acid groups (broad SMARTS) is 1. The summed E-state index contributed by atoms with van der Waals surface area (Å²) in [4.78, 5) is 26.1. The summed E-state index contributed by atoms with van der Waals surface area (Å²) in [6.45, 7) is 2.19. The fourth-order valence-electron chi connectivity index (χ4n) is 4.52. The first-order valence-corrected chi connectivity index (χ1v) is 11.1. The number of likely N-dealkylation sites (tertiary alicyclic amines) is 1. The Morgan fingerprint density at radius 1 is 1.15 bits per heavy atom. The number of hydrogen-bond acceptors (Lipinski definition) is 4. The fourth-order valence-corrected chi connectivity index (χ4v) is 4.52. The third kappa shape index (κ3) is 5.09. The number of hydrogen-bond donors (Lipinski definition) is 3. The van der Waals surface area contributed by atoms with Gasteiger partial charge in [0.25, 0.3) is 5.91 Å². The number of piperidine rings is 1. The molecule has 0 bridgehead atoms. The zero-order valence-electron chi connectivity index (χ0n) is 18.3. The van der Waals surface area contributed by atoms with Gasteiger partial charge in [-0.05, 0) is 61.1 Å². The molecule has 2 amide bonds. The number of carbonyl (C=O) groups excluding carboxylic acids is 1. The van der Waals surface area contributed by atoms with Gasteiger partial charge in [-0.1, -0.05) is 18.2 Å². The van der Waals surface area contributed by atoms with Gasteiger partial charge in [0.2, 0.25) is 0 Å². The number of benzene rings is 2. The Bertz CT molecular complexity index is 1220. The highest BCUT2D eigenvalue weighted by molar-refractivity contribution is 5.99. The Morgan fingerprint density at radius 3 is 2.64 bits per heavy atom. The summed E-state index contributed by atoms with van der Waals surface area (Å²) in [6, 6.07) is 17.1. The van der Waals surface area contributed by atoms with E-state index in [9.17, 15) is 14.9 Å². The Hall–Kier alpha value is -3.99. The summed E-state index contributed by atoms with van der Waals surface area (Å²) < 4.78 is 1.97. The SMILES string of the molecule is N#Cc1ccc2cc(C(=O)N3CCC(CCNC(=O)O)CC3)n(Cc3cccc(N)c3)c2c1. The van der Waals surface area contributed by atoms with Crippen LogP contribution in [0.25, 0.3) is 10.9 Å². The summed E-state index contributed by atoms with van der Waals surface area (Å²) >= 11 is 0. The van der Waals surface area contributed by atoms with Gasteiger partial charge in [-0.25, -0.2) is 4.79 Å². The van der Waals surface area contributed by atoms with E-state index in [0.717, 1.165) is 35.7 Å². The van der Waals surface area contributed by atoms with Crippen molar-refractivity contribution in [1.29, 1.82) is 5.26 Å². The normalized spacial score (nSPS) is 14.2. The van der Waals surface area contributed by atoms with Gasteiger partial charge in [0.05, 0.1) is 17.1 Å². The summed E-state index contributed by atoms with van der Waals surface area (Å²) in [6.07, 6.45) is 1.47. The molecule has 0 spiro atoms. The molecule has 1 saturated heterocycles. The van der Waals surface area contributed by atoms with Crippen LogP contribution in [-0.2, 0) is 6.54 Å². The highest BCUT2D eigenvalue weighted by Gasteiger charge is 2.26. The summed E-state index contributed by atoms with van der Waals surface area (Å²) in [5.74, 6) is 0.368. The smallest absolute Gasteiger partial charge is 0.404 e. The average molecular weight is 446 g/mol. The number of nitrogens with one attached hydrogen (secondary N) is 1. The molecular formula is C25H27N5O3. The third-order valence-corrected chi connectivity index (χ3v) is 6.27. The van der Waals surface area contributed by atoms with E-state index >= 15 is 0 Å². The molecule has 33 heavy (non-hydrogen) atoms. The van der Waals surface area contributed by atoms with Gasteiger partial charge in [-0.2, -0.15) is 5.26 Å². The summed E-state index contributed by atoms with van der Waals surface area (Å²) in [5.41, 5.74) is 9.58. The molecule has 3 aromatic rings. The van der Waals surface area contributed by atoms with Crippen LogP contribution in [0.1, 0.15) is 40.9 Å². The lowest BCUT2D eigenvalue weighted by Crippen LogP contribution is -2.40. The number of nitrogens with two attached hydrogens (primary N) is 1.